The molecular formula is C43H86NO7P. The van der Waals surface area contributed by atoms with Crippen molar-refractivity contribution in [3.63, 3.8) is 0 Å². The van der Waals surface area contributed by atoms with Crippen LogP contribution in [0.2, 0.25) is 0 Å². The summed E-state index contributed by atoms with van der Waals surface area (Å²) in [6, 6.07) is 0. The van der Waals surface area contributed by atoms with Gasteiger partial charge in [-0.3, -0.25) is 13.8 Å². The van der Waals surface area contributed by atoms with Crippen molar-refractivity contribution in [1.29, 1.82) is 0 Å². The summed E-state index contributed by atoms with van der Waals surface area (Å²) in [5, 5.41) is 0. The number of carbonyl (C=O) groups excluding carboxylic acids is 1. The number of esters is 1. The molecule has 0 aromatic rings. The molecule has 2 atom stereocenters. The number of phosphoric ester groups is 1. The Morgan fingerprint density at radius 3 is 1.37 bits per heavy atom. The second-order valence-electron chi connectivity index (χ2n) is 15.0. The van der Waals surface area contributed by atoms with Crippen molar-refractivity contribution in [1.82, 2.24) is 0 Å². The predicted molar refractivity (Wildman–Crippen MR) is 219 cm³/mol. The van der Waals surface area contributed by atoms with Crippen LogP contribution in [0.3, 0.4) is 0 Å². The summed E-state index contributed by atoms with van der Waals surface area (Å²) in [5.41, 5.74) is 5.36. The van der Waals surface area contributed by atoms with E-state index in [9.17, 15) is 14.3 Å². The second-order valence-corrected chi connectivity index (χ2v) is 16.4. The van der Waals surface area contributed by atoms with E-state index in [1.807, 2.05) is 6.08 Å². The molecule has 3 N–H and O–H groups in total. The number of ether oxygens (including phenoxy) is 2. The Morgan fingerprint density at radius 1 is 0.577 bits per heavy atom. The first-order valence-corrected chi connectivity index (χ1v) is 23.7. The highest BCUT2D eigenvalue weighted by Crippen LogP contribution is 2.43. The standard InChI is InChI=1S/C43H86NO7P/c1-3-5-7-9-11-13-15-17-19-20-21-23-25-27-29-31-33-35-38-48-40-42(41-50-52(46,47)49-39-37-44)51-43(45)36-34-32-30-28-26-24-22-18-16-14-12-10-8-6-4-2/h35,38,42H,3-34,36-37,39-41,44H2,1-2H3,(H,46,47)/b38-35+/t42-/m1/s1. The van der Waals surface area contributed by atoms with E-state index in [1.54, 1.807) is 6.26 Å². The van der Waals surface area contributed by atoms with Gasteiger partial charge in [0, 0.05) is 13.0 Å². The average molecular weight is 760 g/mol. The summed E-state index contributed by atoms with van der Waals surface area (Å²) < 4.78 is 33.2. The fourth-order valence-electron chi connectivity index (χ4n) is 6.49. The SMILES string of the molecule is CCCCCCCCCCCCCCCCCC/C=C/OC[C@H](COP(=O)(O)OCCN)OC(=O)CCCCCCCCCCCCCCCCC. The molecular weight excluding hydrogens is 673 g/mol. The molecule has 0 fully saturated rings. The van der Waals surface area contributed by atoms with E-state index in [-0.39, 0.29) is 32.3 Å². The molecule has 310 valence electrons. The van der Waals surface area contributed by atoms with Gasteiger partial charge in [0.2, 0.25) is 0 Å². The minimum absolute atomic E-state index is 0.0386. The maximum atomic E-state index is 12.6. The molecule has 0 bridgehead atoms. The normalized spacial score (nSPS) is 13.5. The summed E-state index contributed by atoms with van der Waals surface area (Å²) in [7, 11) is -4.29. The van der Waals surface area contributed by atoms with Crippen LogP contribution < -0.4 is 5.73 Å². The van der Waals surface area contributed by atoms with Crippen LogP contribution in [0.15, 0.2) is 12.3 Å². The predicted octanol–water partition coefficient (Wildman–Crippen LogP) is 13.4. The van der Waals surface area contributed by atoms with Crippen molar-refractivity contribution in [3.8, 4) is 0 Å². The van der Waals surface area contributed by atoms with Gasteiger partial charge in [0.25, 0.3) is 0 Å². The highest BCUT2D eigenvalue weighted by molar-refractivity contribution is 7.47. The largest absolute Gasteiger partial charge is 0.498 e. The molecule has 8 nitrogen and oxygen atoms in total. The summed E-state index contributed by atoms with van der Waals surface area (Å²) in [6.45, 7) is 4.28. The van der Waals surface area contributed by atoms with Crippen molar-refractivity contribution < 1.29 is 32.8 Å². The lowest BCUT2D eigenvalue weighted by Crippen LogP contribution is -2.27. The zero-order valence-corrected chi connectivity index (χ0v) is 35.2. The van der Waals surface area contributed by atoms with Gasteiger partial charge in [-0.1, -0.05) is 200 Å². The first-order valence-electron chi connectivity index (χ1n) is 22.2. The third kappa shape index (κ3) is 40.3. The van der Waals surface area contributed by atoms with Crippen LogP contribution in [0.25, 0.3) is 0 Å². The topological polar surface area (TPSA) is 117 Å². The van der Waals surface area contributed by atoms with Crippen LogP contribution in [0.1, 0.15) is 226 Å². The number of allylic oxidation sites excluding steroid dienone is 1. The Hall–Kier alpha value is -0.920. The number of rotatable bonds is 43. The van der Waals surface area contributed by atoms with Crippen molar-refractivity contribution in [2.75, 3.05) is 26.4 Å². The molecule has 0 aromatic carbocycles. The van der Waals surface area contributed by atoms with Crippen LogP contribution >= 0.6 is 7.82 Å². The molecule has 1 unspecified atom stereocenters. The van der Waals surface area contributed by atoms with E-state index < -0.39 is 13.9 Å². The fourth-order valence-corrected chi connectivity index (χ4v) is 7.26. The molecule has 0 saturated carbocycles. The third-order valence-corrected chi connectivity index (χ3v) is 10.8. The zero-order chi connectivity index (χ0) is 38.1. The molecule has 0 heterocycles. The van der Waals surface area contributed by atoms with Crippen molar-refractivity contribution in [2.45, 2.75) is 232 Å². The van der Waals surface area contributed by atoms with Gasteiger partial charge in [-0.2, -0.15) is 0 Å². The van der Waals surface area contributed by atoms with E-state index >= 15 is 0 Å². The highest BCUT2D eigenvalue weighted by atomic mass is 31.2. The average Bonchev–Trinajstić information content (AvgIpc) is 3.13. The quantitative estimate of drug-likeness (QED) is 0.0273. The van der Waals surface area contributed by atoms with E-state index in [0.717, 1.165) is 32.1 Å². The monoisotopic (exact) mass is 760 g/mol. The van der Waals surface area contributed by atoms with Crippen LogP contribution in [-0.2, 0) is 27.9 Å². The van der Waals surface area contributed by atoms with E-state index in [1.165, 1.54) is 173 Å². The Morgan fingerprint density at radius 2 is 0.962 bits per heavy atom. The number of hydrogen-bond donors (Lipinski definition) is 2. The van der Waals surface area contributed by atoms with Crippen LogP contribution in [0, 0.1) is 0 Å². The minimum atomic E-state index is -4.29. The Labute approximate surface area is 322 Å². The van der Waals surface area contributed by atoms with Gasteiger partial charge in [0.1, 0.15) is 6.61 Å². The molecule has 0 radical (unpaired) electrons. The first kappa shape index (κ1) is 51.1. The van der Waals surface area contributed by atoms with Crippen molar-refractivity contribution >= 4 is 13.8 Å². The Kier molecular flexibility index (Phi) is 40.5. The maximum absolute atomic E-state index is 12.6. The lowest BCUT2D eigenvalue weighted by molar-refractivity contribution is -0.153. The summed E-state index contributed by atoms with van der Waals surface area (Å²) in [5.74, 6) is -0.348. The van der Waals surface area contributed by atoms with Gasteiger partial charge in [0.15, 0.2) is 6.10 Å². The van der Waals surface area contributed by atoms with Crippen molar-refractivity contribution in [2.24, 2.45) is 5.73 Å². The number of carbonyl (C=O) groups is 1. The summed E-state index contributed by atoms with van der Waals surface area (Å²) in [6.07, 6.45) is 44.6. The Balaban J connectivity index is 4.02. The van der Waals surface area contributed by atoms with Gasteiger partial charge in [-0.25, -0.2) is 4.57 Å². The maximum Gasteiger partial charge on any atom is 0.472 e. The van der Waals surface area contributed by atoms with Crippen molar-refractivity contribution in [3.05, 3.63) is 12.3 Å². The Bertz CT molecular complexity index is 812. The highest BCUT2D eigenvalue weighted by Gasteiger charge is 2.25. The van der Waals surface area contributed by atoms with E-state index in [2.05, 4.69) is 13.8 Å². The number of phosphoric acid groups is 1. The van der Waals surface area contributed by atoms with Gasteiger partial charge in [0.05, 0.1) is 19.5 Å². The van der Waals surface area contributed by atoms with Crippen LogP contribution in [-0.4, -0.2) is 43.3 Å². The zero-order valence-electron chi connectivity index (χ0n) is 34.3. The molecule has 0 saturated heterocycles. The van der Waals surface area contributed by atoms with E-state index in [0.29, 0.717) is 6.42 Å². The van der Waals surface area contributed by atoms with Crippen LogP contribution in [0.4, 0.5) is 0 Å². The molecule has 9 heteroatoms. The molecule has 0 aliphatic carbocycles. The number of unbranched alkanes of at least 4 members (excludes halogenated alkanes) is 30. The van der Waals surface area contributed by atoms with Gasteiger partial charge in [-0.15, -0.1) is 0 Å². The number of nitrogens with two attached hydrogens (primary N) is 1. The molecule has 0 rings (SSSR count). The van der Waals surface area contributed by atoms with Gasteiger partial charge < -0.3 is 20.1 Å². The molecule has 52 heavy (non-hydrogen) atoms. The van der Waals surface area contributed by atoms with E-state index in [4.69, 9.17) is 24.3 Å². The smallest absolute Gasteiger partial charge is 0.472 e. The fraction of sp³-hybridized carbons (Fsp3) is 0.930. The summed E-state index contributed by atoms with van der Waals surface area (Å²) in [4.78, 5) is 22.4. The third-order valence-electron chi connectivity index (χ3n) is 9.78. The molecule has 0 amide bonds. The molecule has 0 aromatic heterocycles. The first-order chi connectivity index (χ1) is 25.4. The molecule has 0 aliphatic rings. The van der Waals surface area contributed by atoms with Gasteiger partial charge in [-0.05, 0) is 25.3 Å². The number of hydrogen-bond acceptors (Lipinski definition) is 7. The lowest BCUT2D eigenvalue weighted by atomic mass is 10.0. The van der Waals surface area contributed by atoms with Crippen LogP contribution in [0.5, 0.6) is 0 Å². The second kappa shape index (κ2) is 41.2. The summed E-state index contributed by atoms with van der Waals surface area (Å²) >= 11 is 0. The molecule has 0 aliphatic heterocycles. The minimum Gasteiger partial charge on any atom is -0.498 e. The molecule has 0 spiro atoms. The van der Waals surface area contributed by atoms with Gasteiger partial charge >= 0.3 is 13.8 Å². The lowest BCUT2D eigenvalue weighted by Gasteiger charge is -2.19.